The molecule has 0 atom stereocenters. The fraction of sp³-hybridized carbons (Fsp3) is 0.300. The van der Waals surface area contributed by atoms with Gasteiger partial charge < -0.3 is 4.74 Å². The van der Waals surface area contributed by atoms with Crippen LogP contribution in [-0.4, -0.2) is 19.9 Å². The Morgan fingerprint density at radius 3 is 2.65 bits per heavy atom. The summed E-state index contributed by atoms with van der Waals surface area (Å²) >= 11 is 0. The third kappa shape index (κ3) is 4.17. The van der Waals surface area contributed by atoms with Gasteiger partial charge in [-0.15, -0.1) is 12.4 Å². The van der Waals surface area contributed by atoms with Crippen molar-refractivity contribution in [3.8, 4) is 17.0 Å². The first-order valence-electron chi connectivity index (χ1n) is 8.71. The molecule has 0 radical (unpaired) electrons. The van der Waals surface area contributed by atoms with Crippen LogP contribution < -0.4 is 4.74 Å². The Kier molecular flexibility index (Phi) is 6.12. The maximum Gasteiger partial charge on any atom is 0.214 e. The fourth-order valence-corrected chi connectivity index (χ4v) is 3.26. The molecule has 134 valence electrons. The summed E-state index contributed by atoms with van der Waals surface area (Å²) in [6.45, 7) is 0.414. The number of pyridine rings is 2. The Bertz CT molecular complexity index is 843. The molecule has 0 fully saturated rings. The summed E-state index contributed by atoms with van der Waals surface area (Å²) in [6, 6.07) is 7.84. The van der Waals surface area contributed by atoms with E-state index in [9.17, 15) is 0 Å². The van der Waals surface area contributed by atoms with Crippen LogP contribution in [0.5, 0.6) is 5.88 Å². The van der Waals surface area contributed by atoms with Crippen molar-refractivity contribution in [3.63, 3.8) is 0 Å². The molecule has 0 aliphatic heterocycles. The smallest absolute Gasteiger partial charge is 0.214 e. The minimum Gasteiger partial charge on any atom is -0.471 e. The van der Waals surface area contributed by atoms with Gasteiger partial charge >= 0.3 is 0 Å². The van der Waals surface area contributed by atoms with E-state index in [1.54, 1.807) is 12.5 Å². The zero-order chi connectivity index (χ0) is 16.9. The fourth-order valence-electron chi connectivity index (χ4n) is 3.26. The zero-order valence-corrected chi connectivity index (χ0v) is 15.3. The maximum atomic E-state index is 5.95. The number of aryl methyl sites for hydroxylation is 1. The van der Waals surface area contributed by atoms with Crippen LogP contribution in [-0.2, 0) is 19.4 Å². The average molecular weight is 369 g/mol. The first kappa shape index (κ1) is 18.3. The van der Waals surface area contributed by atoms with Crippen molar-refractivity contribution in [2.75, 3.05) is 0 Å². The molecule has 0 bridgehead atoms. The molecule has 3 heterocycles. The van der Waals surface area contributed by atoms with Crippen LogP contribution in [0.1, 0.15) is 36.2 Å². The predicted molar refractivity (Wildman–Crippen MR) is 102 cm³/mol. The first-order valence-corrected chi connectivity index (χ1v) is 8.71. The zero-order valence-electron chi connectivity index (χ0n) is 14.5. The molecular weight excluding hydrogens is 348 g/mol. The lowest BCUT2D eigenvalue weighted by Gasteiger charge is -2.14. The number of hydrogen-bond donors (Lipinski definition) is 0. The predicted octanol–water partition coefficient (Wildman–Crippen LogP) is 4.20. The summed E-state index contributed by atoms with van der Waals surface area (Å²) in [5, 5.41) is 0. The highest BCUT2D eigenvalue weighted by molar-refractivity contribution is 5.85. The molecule has 4 rings (SSSR count). The van der Waals surface area contributed by atoms with Gasteiger partial charge in [0.2, 0.25) is 5.88 Å². The molecule has 0 aromatic carbocycles. The lowest BCUT2D eigenvalue weighted by Crippen LogP contribution is -2.04. The highest BCUT2D eigenvalue weighted by atomic mass is 35.5. The van der Waals surface area contributed by atoms with Gasteiger partial charge in [-0.05, 0) is 48.9 Å². The number of ether oxygens (including phenoxy) is 1. The summed E-state index contributed by atoms with van der Waals surface area (Å²) in [6.07, 6.45) is 12.7. The number of nitrogens with zero attached hydrogens (tertiary/aromatic N) is 4. The van der Waals surface area contributed by atoms with Crippen molar-refractivity contribution in [1.82, 2.24) is 19.9 Å². The molecule has 1 aliphatic carbocycles. The Hall–Kier alpha value is -2.53. The summed E-state index contributed by atoms with van der Waals surface area (Å²) < 4.78 is 5.95. The van der Waals surface area contributed by atoms with E-state index in [0.29, 0.717) is 12.5 Å². The third-order valence-corrected chi connectivity index (χ3v) is 4.49. The quantitative estimate of drug-likeness (QED) is 0.646. The number of rotatable bonds is 4. The second-order valence-corrected chi connectivity index (χ2v) is 6.23. The van der Waals surface area contributed by atoms with Crippen LogP contribution in [0, 0.1) is 0 Å². The van der Waals surface area contributed by atoms with E-state index in [1.165, 1.54) is 24.8 Å². The molecule has 3 aromatic heterocycles. The largest absolute Gasteiger partial charge is 0.471 e. The molecule has 0 N–H and O–H groups in total. The molecule has 1 aliphatic rings. The summed E-state index contributed by atoms with van der Waals surface area (Å²) in [5.74, 6) is 0.644. The van der Waals surface area contributed by atoms with Gasteiger partial charge in [-0.3, -0.25) is 4.98 Å². The molecule has 0 saturated heterocycles. The van der Waals surface area contributed by atoms with Gasteiger partial charge in [0.1, 0.15) is 12.9 Å². The van der Waals surface area contributed by atoms with Gasteiger partial charge in [0.25, 0.3) is 0 Å². The molecule has 0 spiro atoms. The van der Waals surface area contributed by atoms with Crippen LogP contribution in [0.4, 0.5) is 0 Å². The molecule has 6 heteroatoms. The van der Waals surface area contributed by atoms with Gasteiger partial charge in [-0.2, -0.15) is 0 Å². The number of hydrogen-bond acceptors (Lipinski definition) is 5. The van der Waals surface area contributed by atoms with Crippen molar-refractivity contribution in [3.05, 3.63) is 66.1 Å². The lowest BCUT2D eigenvalue weighted by atomic mass is 9.98. The van der Waals surface area contributed by atoms with Gasteiger partial charge in [-0.25, -0.2) is 15.0 Å². The second kappa shape index (κ2) is 8.72. The van der Waals surface area contributed by atoms with Crippen LogP contribution >= 0.6 is 12.4 Å². The van der Waals surface area contributed by atoms with Gasteiger partial charge in [0, 0.05) is 35.9 Å². The van der Waals surface area contributed by atoms with E-state index < -0.39 is 0 Å². The average Bonchev–Trinajstić information content (AvgIpc) is 2.93. The first-order chi connectivity index (χ1) is 12.4. The molecular formula is C20H21ClN4O. The minimum atomic E-state index is 0. The van der Waals surface area contributed by atoms with E-state index in [2.05, 4.69) is 15.0 Å². The van der Waals surface area contributed by atoms with E-state index in [4.69, 9.17) is 9.72 Å². The summed E-state index contributed by atoms with van der Waals surface area (Å²) in [7, 11) is 0. The van der Waals surface area contributed by atoms with E-state index in [-0.39, 0.29) is 12.4 Å². The van der Waals surface area contributed by atoms with Crippen molar-refractivity contribution in [1.29, 1.82) is 0 Å². The van der Waals surface area contributed by atoms with Gasteiger partial charge in [0.15, 0.2) is 0 Å². The Morgan fingerprint density at radius 1 is 1.00 bits per heavy atom. The monoisotopic (exact) mass is 368 g/mol. The normalized spacial score (nSPS) is 13.2. The van der Waals surface area contributed by atoms with Crippen molar-refractivity contribution < 1.29 is 4.74 Å². The van der Waals surface area contributed by atoms with Crippen molar-refractivity contribution >= 4 is 12.4 Å². The molecule has 26 heavy (non-hydrogen) atoms. The van der Waals surface area contributed by atoms with Gasteiger partial charge in [0.05, 0.1) is 5.69 Å². The number of aromatic nitrogens is 4. The number of fused-ring (bicyclic) bond motifs is 1. The summed E-state index contributed by atoms with van der Waals surface area (Å²) in [5.41, 5.74) is 5.52. The SMILES string of the molecule is Cl.c1ccc(COc2cc(-c3cncnc3)c3c(n2)CCCCC3)nc1. The third-order valence-electron chi connectivity index (χ3n) is 4.49. The molecule has 0 unspecified atom stereocenters. The Morgan fingerprint density at radius 2 is 1.85 bits per heavy atom. The highest BCUT2D eigenvalue weighted by Gasteiger charge is 2.17. The Labute approximate surface area is 159 Å². The van der Waals surface area contributed by atoms with E-state index >= 15 is 0 Å². The minimum absolute atomic E-state index is 0. The van der Waals surface area contributed by atoms with Crippen LogP contribution in [0.2, 0.25) is 0 Å². The van der Waals surface area contributed by atoms with E-state index in [0.717, 1.165) is 35.4 Å². The molecule has 0 amide bonds. The van der Waals surface area contributed by atoms with Crippen molar-refractivity contribution in [2.45, 2.75) is 38.7 Å². The number of halogens is 1. The molecule has 0 saturated carbocycles. The van der Waals surface area contributed by atoms with Gasteiger partial charge in [-0.1, -0.05) is 12.5 Å². The van der Waals surface area contributed by atoms with Crippen molar-refractivity contribution in [2.24, 2.45) is 0 Å². The highest BCUT2D eigenvalue weighted by Crippen LogP contribution is 2.32. The topological polar surface area (TPSA) is 60.8 Å². The standard InChI is InChI=1S/C20H20N4O.ClH/c1-2-7-17-18(15-11-21-14-22-12-15)10-20(24-19(17)8-3-1)25-13-16-6-4-5-9-23-16;/h4-6,9-12,14H,1-3,7-8,13H2;1H. The molecule has 5 nitrogen and oxygen atoms in total. The Balaban J connectivity index is 0.00000196. The molecule has 3 aromatic rings. The van der Waals surface area contributed by atoms with Crippen LogP contribution in [0.3, 0.4) is 0 Å². The second-order valence-electron chi connectivity index (χ2n) is 6.23. The van der Waals surface area contributed by atoms with Crippen LogP contribution in [0.15, 0.2) is 49.2 Å². The van der Waals surface area contributed by atoms with Crippen LogP contribution in [0.25, 0.3) is 11.1 Å². The maximum absolute atomic E-state index is 5.95. The summed E-state index contributed by atoms with van der Waals surface area (Å²) in [4.78, 5) is 17.4. The lowest BCUT2D eigenvalue weighted by molar-refractivity contribution is 0.288. The van der Waals surface area contributed by atoms with E-state index in [1.807, 2.05) is 36.7 Å².